The highest BCUT2D eigenvalue weighted by Gasteiger charge is 2.40. The molecule has 1 aromatic rings. The predicted octanol–water partition coefficient (Wildman–Crippen LogP) is 4.41. The SMILES string of the molecule is N=C1CCC2(C/C1=C/CCCCc1cccc(F)c1)OCCO2. The smallest absolute Gasteiger partial charge is 0.172 e. The van der Waals surface area contributed by atoms with Crippen LogP contribution in [0.25, 0.3) is 0 Å². The Balaban J connectivity index is 1.46. The first kappa shape index (κ1) is 16.3. The van der Waals surface area contributed by atoms with Gasteiger partial charge in [-0.25, -0.2) is 4.39 Å². The van der Waals surface area contributed by atoms with Crippen molar-refractivity contribution in [3.05, 3.63) is 47.3 Å². The molecule has 4 heteroatoms. The molecule has 0 aromatic heterocycles. The van der Waals surface area contributed by atoms with E-state index in [4.69, 9.17) is 14.9 Å². The van der Waals surface area contributed by atoms with Gasteiger partial charge < -0.3 is 14.9 Å². The van der Waals surface area contributed by atoms with Crippen molar-refractivity contribution >= 4 is 5.71 Å². The second kappa shape index (κ2) is 7.37. The minimum atomic E-state index is -0.460. The van der Waals surface area contributed by atoms with Crippen LogP contribution in [0.4, 0.5) is 4.39 Å². The van der Waals surface area contributed by atoms with E-state index in [9.17, 15) is 4.39 Å². The van der Waals surface area contributed by atoms with Gasteiger partial charge >= 0.3 is 0 Å². The normalized spacial score (nSPS) is 22.1. The fourth-order valence-electron chi connectivity index (χ4n) is 3.34. The van der Waals surface area contributed by atoms with Gasteiger partial charge in [0.1, 0.15) is 5.82 Å². The molecule has 1 aliphatic heterocycles. The third-order valence-corrected chi connectivity index (χ3v) is 4.62. The number of hydrogen-bond donors (Lipinski definition) is 1. The average molecular weight is 317 g/mol. The number of nitrogens with one attached hydrogen (secondary N) is 1. The number of halogens is 1. The van der Waals surface area contributed by atoms with Crippen LogP contribution in [0.1, 0.15) is 44.1 Å². The van der Waals surface area contributed by atoms with Crippen molar-refractivity contribution < 1.29 is 13.9 Å². The minimum Gasteiger partial charge on any atom is -0.347 e. The van der Waals surface area contributed by atoms with Gasteiger partial charge in [0.05, 0.1) is 13.2 Å². The van der Waals surface area contributed by atoms with Gasteiger partial charge in [0.15, 0.2) is 5.79 Å². The largest absolute Gasteiger partial charge is 0.347 e. The van der Waals surface area contributed by atoms with Crippen LogP contribution in [0, 0.1) is 11.2 Å². The maximum atomic E-state index is 13.1. The molecule has 0 radical (unpaired) electrons. The number of ether oxygens (including phenoxy) is 2. The van der Waals surface area contributed by atoms with Crippen LogP contribution in [-0.4, -0.2) is 24.7 Å². The first-order valence-electron chi connectivity index (χ1n) is 8.46. The summed E-state index contributed by atoms with van der Waals surface area (Å²) in [6, 6.07) is 6.81. The van der Waals surface area contributed by atoms with E-state index in [-0.39, 0.29) is 5.82 Å². The summed E-state index contributed by atoms with van der Waals surface area (Å²) in [5, 5.41) is 8.11. The van der Waals surface area contributed by atoms with Gasteiger partial charge in [-0.05, 0) is 55.4 Å². The van der Waals surface area contributed by atoms with Gasteiger partial charge in [-0.2, -0.15) is 0 Å². The summed E-state index contributed by atoms with van der Waals surface area (Å²) in [4.78, 5) is 0. The first-order chi connectivity index (χ1) is 11.2. The minimum absolute atomic E-state index is 0.165. The van der Waals surface area contributed by atoms with Crippen LogP contribution in [0.3, 0.4) is 0 Å². The van der Waals surface area contributed by atoms with Crippen molar-refractivity contribution in [2.45, 2.75) is 50.7 Å². The molecular formula is C19H24FNO2. The van der Waals surface area contributed by atoms with E-state index in [0.717, 1.165) is 55.4 Å². The van der Waals surface area contributed by atoms with Crippen molar-refractivity contribution in [3.63, 3.8) is 0 Å². The Morgan fingerprint density at radius 3 is 2.83 bits per heavy atom. The van der Waals surface area contributed by atoms with Crippen LogP contribution in [0.2, 0.25) is 0 Å². The molecular weight excluding hydrogens is 293 g/mol. The lowest BCUT2D eigenvalue weighted by atomic mass is 9.87. The Kier molecular flexibility index (Phi) is 5.23. The molecule has 1 aromatic carbocycles. The van der Waals surface area contributed by atoms with Gasteiger partial charge in [-0.1, -0.05) is 18.2 Å². The monoisotopic (exact) mass is 317 g/mol. The van der Waals surface area contributed by atoms with E-state index >= 15 is 0 Å². The van der Waals surface area contributed by atoms with Crippen molar-refractivity contribution in [1.82, 2.24) is 0 Å². The van der Waals surface area contributed by atoms with Gasteiger partial charge in [0, 0.05) is 18.6 Å². The summed E-state index contributed by atoms with van der Waals surface area (Å²) in [6.45, 7) is 1.32. The lowest BCUT2D eigenvalue weighted by Crippen LogP contribution is -2.36. The predicted molar refractivity (Wildman–Crippen MR) is 88.3 cm³/mol. The number of unbranched alkanes of at least 4 members (excludes halogenated alkanes) is 2. The molecule has 1 aliphatic carbocycles. The second-order valence-corrected chi connectivity index (χ2v) is 6.37. The Hall–Kier alpha value is -1.52. The number of aryl methyl sites for hydroxylation is 1. The molecule has 1 saturated heterocycles. The highest BCUT2D eigenvalue weighted by atomic mass is 19.1. The molecule has 1 saturated carbocycles. The maximum absolute atomic E-state index is 13.1. The summed E-state index contributed by atoms with van der Waals surface area (Å²) in [7, 11) is 0. The number of hydrogen-bond acceptors (Lipinski definition) is 3. The van der Waals surface area contributed by atoms with Gasteiger partial charge in [-0.15, -0.1) is 0 Å². The summed E-state index contributed by atoms with van der Waals surface area (Å²) in [5.74, 6) is -0.625. The summed E-state index contributed by atoms with van der Waals surface area (Å²) in [6.07, 6.45) is 8.31. The Bertz CT molecular complexity index is 591. The van der Waals surface area contributed by atoms with E-state index in [2.05, 4.69) is 6.08 Å². The topological polar surface area (TPSA) is 42.3 Å². The molecule has 23 heavy (non-hydrogen) atoms. The summed E-state index contributed by atoms with van der Waals surface area (Å²) >= 11 is 0. The maximum Gasteiger partial charge on any atom is 0.172 e. The van der Waals surface area contributed by atoms with Crippen molar-refractivity contribution in [2.24, 2.45) is 0 Å². The number of allylic oxidation sites excluding steroid dienone is 1. The standard InChI is InChI=1S/C19H24FNO2/c20-17-8-4-6-15(13-17)5-2-1-3-7-16-14-19(10-9-18(16)21)22-11-12-23-19/h4,6-8,13,21H,1-3,5,9-12,14H2/b16-7-,21-18?. The third-order valence-electron chi connectivity index (χ3n) is 4.62. The highest BCUT2D eigenvalue weighted by Crippen LogP contribution is 2.37. The van der Waals surface area contributed by atoms with Crippen LogP contribution >= 0.6 is 0 Å². The molecule has 0 bridgehead atoms. The molecule has 1 N–H and O–H groups in total. The lowest BCUT2D eigenvalue weighted by Gasteiger charge is -2.33. The van der Waals surface area contributed by atoms with Crippen LogP contribution in [0.5, 0.6) is 0 Å². The molecule has 124 valence electrons. The van der Waals surface area contributed by atoms with Crippen LogP contribution in [-0.2, 0) is 15.9 Å². The molecule has 1 heterocycles. The van der Waals surface area contributed by atoms with E-state index < -0.39 is 5.79 Å². The quantitative estimate of drug-likeness (QED) is 0.817. The molecule has 0 unspecified atom stereocenters. The van der Waals surface area contributed by atoms with Crippen molar-refractivity contribution in [1.29, 1.82) is 5.41 Å². The molecule has 3 rings (SSSR count). The van der Waals surface area contributed by atoms with Crippen molar-refractivity contribution in [2.75, 3.05) is 13.2 Å². The Labute approximate surface area is 137 Å². The van der Waals surface area contributed by atoms with Gasteiger partial charge in [0.25, 0.3) is 0 Å². The Morgan fingerprint density at radius 2 is 2.04 bits per heavy atom. The fourth-order valence-corrected chi connectivity index (χ4v) is 3.34. The summed E-state index contributed by atoms with van der Waals surface area (Å²) in [5.41, 5.74) is 2.85. The van der Waals surface area contributed by atoms with Crippen molar-refractivity contribution in [3.8, 4) is 0 Å². The van der Waals surface area contributed by atoms with Crippen LogP contribution < -0.4 is 0 Å². The number of rotatable bonds is 5. The highest BCUT2D eigenvalue weighted by molar-refractivity contribution is 5.98. The zero-order valence-electron chi connectivity index (χ0n) is 13.4. The average Bonchev–Trinajstić information content (AvgIpc) is 2.99. The summed E-state index contributed by atoms with van der Waals surface area (Å²) < 4.78 is 24.6. The lowest BCUT2D eigenvalue weighted by molar-refractivity contribution is -0.161. The number of benzene rings is 1. The van der Waals surface area contributed by atoms with E-state index in [1.54, 1.807) is 12.1 Å². The molecule has 0 amide bonds. The molecule has 2 aliphatic rings. The molecule has 0 atom stereocenters. The first-order valence-corrected chi connectivity index (χ1v) is 8.46. The van der Waals surface area contributed by atoms with E-state index in [0.29, 0.717) is 19.6 Å². The zero-order chi connectivity index (χ0) is 16.1. The second-order valence-electron chi connectivity index (χ2n) is 6.37. The zero-order valence-corrected chi connectivity index (χ0v) is 13.4. The molecule has 1 spiro atoms. The van der Waals surface area contributed by atoms with E-state index in [1.807, 2.05) is 6.07 Å². The molecule has 3 nitrogen and oxygen atoms in total. The van der Waals surface area contributed by atoms with E-state index in [1.165, 1.54) is 6.07 Å². The third kappa shape index (κ3) is 4.27. The molecule has 2 fully saturated rings. The van der Waals surface area contributed by atoms with Gasteiger partial charge in [0.2, 0.25) is 0 Å². The van der Waals surface area contributed by atoms with Crippen LogP contribution in [0.15, 0.2) is 35.9 Å². The van der Waals surface area contributed by atoms with Gasteiger partial charge in [-0.3, -0.25) is 0 Å². The fraction of sp³-hybridized carbons (Fsp3) is 0.526. The Morgan fingerprint density at radius 1 is 1.22 bits per heavy atom.